The molecule has 3 aromatic rings. The van der Waals surface area contributed by atoms with Crippen LogP contribution in [-0.4, -0.2) is 106 Å². The van der Waals surface area contributed by atoms with Crippen LogP contribution in [0.5, 0.6) is 0 Å². The fourth-order valence-corrected chi connectivity index (χ4v) is 9.95. The van der Waals surface area contributed by atoms with Gasteiger partial charge in [0.25, 0.3) is 40.5 Å². The van der Waals surface area contributed by atoms with Crippen molar-refractivity contribution in [3.8, 4) is 0 Å². The zero-order chi connectivity index (χ0) is 42.2. The second-order valence-corrected chi connectivity index (χ2v) is 21.4. The molecule has 0 heterocycles. The van der Waals surface area contributed by atoms with Crippen molar-refractivity contribution in [2.75, 3.05) is 35.3 Å². The Hall–Kier alpha value is -4.13. The number of hydrogen-bond donors (Lipinski definition) is 7. The van der Waals surface area contributed by atoms with Crippen LogP contribution < -0.4 is 11.5 Å². The molecule has 0 aliphatic carbocycles. The lowest BCUT2D eigenvalue weighted by molar-refractivity contribution is 0.284. The molecule has 33 heteroatoms. The highest BCUT2D eigenvalue weighted by atomic mass is 32.3. The molecule has 304 valence electrons. The van der Waals surface area contributed by atoms with E-state index in [4.69, 9.17) is 20.6 Å². The number of anilines is 2. The van der Waals surface area contributed by atoms with E-state index in [1.807, 2.05) is 0 Å². The van der Waals surface area contributed by atoms with Gasteiger partial charge in [-0.15, -0.1) is 15.3 Å². The van der Waals surface area contributed by atoms with Gasteiger partial charge in [-0.05, 0) is 42.5 Å². The van der Waals surface area contributed by atoms with Gasteiger partial charge < -0.3 is 11.5 Å². The standard InChI is InChI=1S/C22H24N6O20S7/c23-20-17(27-26-16-2-1-13(10-18(16)53(39,40)41)49(29,30)4-3-48-55(45,46)47)11-19(54(42,43)44)21(24)22(20)28-25-12-7-14(9-15(8-12)52(36,37)38)50(31,32)5-6-51(33,34)35/h1-2,7-11H,3-6,23-24H2,(H,33,34,35)(H,36,37,38)(H,39,40,41)(H,42,43,44)(H,45,46,47). The molecule has 0 amide bonds. The molecule has 0 unspecified atom stereocenters. The maximum absolute atomic E-state index is 12.7. The number of nitrogens with zero attached hydrogens (tertiary/aromatic N) is 4. The summed E-state index contributed by atoms with van der Waals surface area (Å²) in [6.45, 7) is -1.11. The van der Waals surface area contributed by atoms with E-state index in [-0.39, 0.29) is 0 Å². The van der Waals surface area contributed by atoms with Crippen LogP contribution in [0.2, 0.25) is 0 Å². The smallest absolute Gasteiger partial charge is 0.396 e. The van der Waals surface area contributed by atoms with Gasteiger partial charge in [-0.2, -0.15) is 47.2 Å². The van der Waals surface area contributed by atoms with Crippen molar-refractivity contribution in [1.29, 1.82) is 0 Å². The molecular formula is C22H24N6O20S7. The predicted molar refractivity (Wildman–Crippen MR) is 184 cm³/mol. The minimum atomic E-state index is -5.35. The Balaban J connectivity index is 2.21. The number of rotatable bonds is 16. The van der Waals surface area contributed by atoms with E-state index in [9.17, 15) is 72.6 Å². The van der Waals surface area contributed by atoms with E-state index in [1.165, 1.54) is 0 Å². The molecule has 0 fully saturated rings. The molecule has 0 saturated carbocycles. The van der Waals surface area contributed by atoms with Crippen LogP contribution in [0.4, 0.5) is 34.1 Å². The van der Waals surface area contributed by atoms with E-state index in [2.05, 4.69) is 24.6 Å². The van der Waals surface area contributed by atoms with Gasteiger partial charge in [0, 0.05) is 0 Å². The number of sulfone groups is 2. The third kappa shape index (κ3) is 12.4. The van der Waals surface area contributed by atoms with E-state index >= 15 is 0 Å². The summed E-state index contributed by atoms with van der Waals surface area (Å²) < 4.78 is 217. The Morgan fingerprint density at radius 1 is 0.509 bits per heavy atom. The summed E-state index contributed by atoms with van der Waals surface area (Å²) in [6.07, 6.45) is 0. The monoisotopic (exact) mass is 916 g/mol. The summed E-state index contributed by atoms with van der Waals surface area (Å²) in [6, 6.07) is 3.73. The molecule has 0 aliphatic heterocycles. The van der Waals surface area contributed by atoms with Crippen molar-refractivity contribution in [3.05, 3.63) is 42.5 Å². The van der Waals surface area contributed by atoms with Crippen LogP contribution in [-0.2, 0) is 74.7 Å². The molecule has 0 saturated heterocycles. The Morgan fingerprint density at radius 3 is 1.58 bits per heavy atom. The van der Waals surface area contributed by atoms with Crippen LogP contribution in [0, 0.1) is 0 Å². The maximum atomic E-state index is 12.7. The molecule has 0 aliphatic rings. The van der Waals surface area contributed by atoms with Crippen molar-refractivity contribution >= 4 is 105 Å². The van der Waals surface area contributed by atoms with Crippen LogP contribution in [0.3, 0.4) is 0 Å². The summed E-state index contributed by atoms with van der Waals surface area (Å²) in [4.78, 5) is -5.38. The first-order valence-electron chi connectivity index (χ1n) is 13.5. The van der Waals surface area contributed by atoms with Crippen molar-refractivity contribution < 1.29 is 85.9 Å². The molecule has 55 heavy (non-hydrogen) atoms. The van der Waals surface area contributed by atoms with Gasteiger partial charge in [0.1, 0.15) is 26.9 Å². The Kier molecular flexibility index (Phi) is 13.0. The highest BCUT2D eigenvalue weighted by Crippen LogP contribution is 2.43. The first-order chi connectivity index (χ1) is 24.7. The average molecular weight is 917 g/mol. The molecule has 0 aromatic heterocycles. The number of hydrogen-bond acceptors (Lipinski definition) is 21. The lowest BCUT2D eigenvalue weighted by Crippen LogP contribution is -2.17. The van der Waals surface area contributed by atoms with Gasteiger partial charge in [-0.3, -0.25) is 22.8 Å². The fraction of sp³-hybridized carbons (Fsp3) is 0.182. The van der Waals surface area contributed by atoms with Gasteiger partial charge in [0.15, 0.2) is 19.7 Å². The molecule has 26 nitrogen and oxygen atoms in total. The lowest BCUT2D eigenvalue weighted by Gasteiger charge is -2.11. The molecule has 3 aromatic carbocycles. The number of nitrogens with two attached hydrogens (primary N) is 2. The summed E-state index contributed by atoms with van der Waals surface area (Å²) in [5, 5.41) is 14.1. The largest absolute Gasteiger partial charge is 0.397 e. The van der Waals surface area contributed by atoms with E-state index in [0.29, 0.717) is 42.5 Å². The van der Waals surface area contributed by atoms with E-state index in [0.717, 1.165) is 0 Å². The number of nitrogen functional groups attached to an aromatic ring is 2. The van der Waals surface area contributed by atoms with E-state index in [1.54, 1.807) is 0 Å². The summed E-state index contributed by atoms with van der Waals surface area (Å²) >= 11 is 0. The van der Waals surface area contributed by atoms with Crippen LogP contribution in [0.15, 0.2) is 87.4 Å². The highest BCUT2D eigenvalue weighted by molar-refractivity contribution is 7.93. The van der Waals surface area contributed by atoms with Gasteiger partial charge in [0.05, 0.1) is 55.6 Å². The normalized spacial score (nSPS) is 13.8. The van der Waals surface area contributed by atoms with Crippen LogP contribution in [0.25, 0.3) is 0 Å². The quantitative estimate of drug-likeness (QED) is 0.0590. The molecular weight excluding hydrogens is 893 g/mol. The van der Waals surface area contributed by atoms with Crippen molar-refractivity contribution in [3.63, 3.8) is 0 Å². The third-order valence-corrected chi connectivity index (χ3v) is 13.8. The molecule has 0 radical (unpaired) electrons. The fourth-order valence-electron chi connectivity index (χ4n) is 3.90. The second-order valence-electron chi connectivity index (χ2n) is 10.4. The third-order valence-electron chi connectivity index (χ3n) is 6.41. The zero-order valence-corrected chi connectivity index (χ0v) is 32.2. The SMILES string of the molecule is Nc1c(N=Nc2ccc(S(=O)(=O)CCOS(=O)(=O)O)cc2S(=O)(=O)O)cc(S(=O)(=O)O)c(N)c1N=Nc1cc(S(=O)(=O)O)cc(S(=O)(=O)CCS(=O)(=O)O)c1. The van der Waals surface area contributed by atoms with Crippen LogP contribution in [0.1, 0.15) is 0 Å². The minimum Gasteiger partial charge on any atom is -0.396 e. The average Bonchev–Trinajstić information content (AvgIpc) is 3.00. The Labute approximate surface area is 311 Å². The van der Waals surface area contributed by atoms with Gasteiger partial charge >= 0.3 is 10.4 Å². The van der Waals surface area contributed by atoms with Gasteiger partial charge in [-0.25, -0.2) is 21.0 Å². The van der Waals surface area contributed by atoms with Crippen molar-refractivity contribution in [2.24, 2.45) is 20.5 Å². The highest BCUT2D eigenvalue weighted by Gasteiger charge is 2.26. The van der Waals surface area contributed by atoms with Crippen molar-refractivity contribution in [1.82, 2.24) is 0 Å². The summed E-state index contributed by atoms with van der Waals surface area (Å²) in [7, 11) is -35.1. The summed E-state index contributed by atoms with van der Waals surface area (Å²) in [5.74, 6) is -3.74. The Morgan fingerprint density at radius 2 is 1.05 bits per heavy atom. The molecule has 0 bridgehead atoms. The molecule has 0 atom stereocenters. The zero-order valence-electron chi connectivity index (χ0n) is 26.5. The lowest BCUT2D eigenvalue weighted by atomic mass is 10.2. The molecule has 0 spiro atoms. The summed E-state index contributed by atoms with van der Waals surface area (Å²) in [5.41, 5.74) is 6.74. The first kappa shape index (κ1) is 45.3. The topological polar surface area (TPSA) is 451 Å². The molecule has 3 rings (SSSR count). The maximum Gasteiger partial charge on any atom is 0.397 e. The van der Waals surface area contributed by atoms with Crippen LogP contribution >= 0.6 is 0 Å². The van der Waals surface area contributed by atoms with E-state index < -0.39 is 153 Å². The number of benzene rings is 3. The molecule has 9 N–H and O–H groups in total. The predicted octanol–water partition coefficient (Wildman–Crippen LogP) is 0.677. The second kappa shape index (κ2) is 15.8. The Bertz CT molecular complexity index is 2910. The van der Waals surface area contributed by atoms with Crippen molar-refractivity contribution in [2.45, 2.75) is 24.5 Å². The first-order valence-corrected chi connectivity index (χ1v) is 24.1. The minimum absolute atomic E-state index is 0.361. The van der Waals surface area contributed by atoms with Gasteiger partial charge in [0.2, 0.25) is 0 Å². The number of azo groups is 2. The van der Waals surface area contributed by atoms with Gasteiger partial charge in [-0.1, -0.05) is 0 Å².